The molecule has 5 N–H and O–H groups in total. The number of likely N-dealkylation sites (tertiary alicyclic amines) is 1. The zero-order valence-corrected chi connectivity index (χ0v) is 12.9. The minimum Gasteiger partial charge on any atom is -0.486 e. The van der Waals surface area contributed by atoms with Crippen molar-refractivity contribution in [2.45, 2.75) is 32.4 Å². The number of nitrogens with one attached hydrogen (secondary N) is 1. The zero-order valence-electron chi connectivity index (χ0n) is 12.1. The number of nitrogens with two attached hydrogens (primary N) is 2. The molecule has 0 aliphatic carbocycles. The van der Waals surface area contributed by atoms with Gasteiger partial charge in [0.1, 0.15) is 15.6 Å². The highest BCUT2D eigenvalue weighted by Crippen LogP contribution is 2.43. The summed E-state index contributed by atoms with van der Waals surface area (Å²) in [7, 11) is 2.09. The number of nitrogen functional groups attached to an aromatic ring is 1. The predicted octanol–water partition coefficient (Wildman–Crippen LogP) is 1.33. The van der Waals surface area contributed by atoms with Crippen LogP contribution in [0.25, 0.3) is 0 Å². The van der Waals surface area contributed by atoms with Crippen molar-refractivity contribution in [3.63, 3.8) is 0 Å². The van der Waals surface area contributed by atoms with Crippen molar-refractivity contribution in [1.82, 2.24) is 4.90 Å². The van der Waals surface area contributed by atoms with Gasteiger partial charge in [-0.2, -0.15) is 0 Å². The predicted molar refractivity (Wildman–Crippen MR) is 82.5 cm³/mol. The molecule has 1 fully saturated rings. The highest BCUT2D eigenvalue weighted by molar-refractivity contribution is 7.19. The van der Waals surface area contributed by atoms with Gasteiger partial charge in [0.2, 0.25) is 0 Å². The molecule has 1 atom stereocenters. The second-order valence-electron chi connectivity index (χ2n) is 5.43. The van der Waals surface area contributed by atoms with Gasteiger partial charge < -0.3 is 26.4 Å². The van der Waals surface area contributed by atoms with E-state index in [1.165, 1.54) is 11.3 Å². The van der Waals surface area contributed by atoms with Gasteiger partial charge >= 0.3 is 0 Å². The molecule has 20 heavy (non-hydrogen) atoms. The number of rotatable bonds is 5. The Labute approximate surface area is 123 Å². The Morgan fingerprint density at radius 1 is 1.55 bits per heavy atom. The summed E-state index contributed by atoms with van der Waals surface area (Å²) in [6.45, 7) is 5.87. The normalized spacial score (nSPS) is 19.5. The van der Waals surface area contributed by atoms with Crippen LogP contribution in [-0.4, -0.2) is 43.1 Å². The molecule has 0 saturated carbocycles. The second-order valence-corrected chi connectivity index (χ2v) is 6.45. The van der Waals surface area contributed by atoms with E-state index in [1.54, 1.807) is 0 Å². The van der Waals surface area contributed by atoms with E-state index in [9.17, 15) is 4.79 Å². The number of nitrogens with zero attached hydrogens (tertiary/aromatic N) is 1. The van der Waals surface area contributed by atoms with Gasteiger partial charge in [-0.1, -0.05) is 0 Å². The Kier molecular flexibility index (Phi) is 4.39. The average Bonchev–Trinajstić information content (AvgIpc) is 2.87. The topological polar surface area (TPSA) is 93.6 Å². The molecule has 1 aromatic heterocycles. The molecule has 112 valence electrons. The molecular weight excluding hydrogens is 276 g/mol. The van der Waals surface area contributed by atoms with Crippen LogP contribution in [0.4, 0.5) is 10.7 Å². The van der Waals surface area contributed by atoms with E-state index in [1.807, 2.05) is 13.8 Å². The van der Waals surface area contributed by atoms with Crippen molar-refractivity contribution in [2.24, 2.45) is 5.73 Å². The lowest BCUT2D eigenvalue weighted by molar-refractivity contribution is 0.100. The summed E-state index contributed by atoms with van der Waals surface area (Å²) in [4.78, 5) is 14.0. The summed E-state index contributed by atoms with van der Waals surface area (Å²) in [6.07, 6.45) is 1.04. The van der Waals surface area contributed by atoms with Crippen LogP contribution >= 0.6 is 11.3 Å². The van der Waals surface area contributed by atoms with Gasteiger partial charge in [-0.25, -0.2) is 0 Å². The lowest BCUT2D eigenvalue weighted by Crippen LogP contribution is -2.23. The van der Waals surface area contributed by atoms with E-state index in [2.05, 4.69) is 17.3 Å². The monoisotopic (exact) mass is 298 g/mol. The summed E-state index contributed by atoms with van der Waals surface area (Å²) >= 11 is 1.27. The summed E-state index contributed by atoms with van der Waals surface area (Å²) in [5, 5.41) is 4.22. The zero-order chi connectivity index (χ0) is 14.9. The van der Waals surface area contributed by atoms with Crippen LogP contribution in [0.5, 0.6) is 5.75 Å². The first-order valence-electron chi connectivity index (χ1n) is 6.72. The number of hydrogen-bond donors (Lipinski definition) is 3. The first kappa shape index (κ1) is 14.9. The van der Waals surface area contributed by atoms with Crippen molar-refractivity contribution >= 4 is 27.9 Å². The third kappa shape index (κ3) is 3.16. The third-order valence-electron chi connectivity index (χ3n) is 3.20. The maximum Gasteiger partial charge on any atom is 0.261 e. The van der Waals surface area contributed by atoms with Gasteiger partial charge in [0.25, 0.3) is 5.91 Å². The number of hydrogen-bond acceptors (Lipinski definition) is 6. The SMILES string of the molecule is CC(C)Oc1c(NC2CCN(C)C2)sc(C(N)=O)c1N. The molecule has 0 bridgehead atoms. The molecule has 6 nitrogen and oxygen atoms in total. The Morgan fingerprint density at radius 2 is 2.25 bits per heavy atom. The first-order chi connectivity index (χ1) is 9.38. The lowest BCUT2D eigenvalue weighted by atomic mass is 10.2. The maximum atomic E-state index is 11.4. The van der Waals surface area contributed by atoms with Crippen LogP contribution in [-0.2, 0) is 0 Å². The number of anilines is 2. The van der Waals surface area contributed by atoms with Gasteiger partial charge in [-0.3, -0.25) is 4.79 Å². The Hall–Kier alpha value is -1.47. The van der Waals surface area contributed by atoms with Crippen molar-refractivity contribution in [3.8, 4) is 5.75 Å². The van der Waals surface area contributed by atoms with Crippen molar-refractivity contribution in [3.05, 3.63) is 4.88 Å². The molecule has 1 aliphatic rings. The Bertz CT molecular complexity index is 501. The van der Waals surface area contributed by atoms with Crippen LogP contribution in [0.1, 0.15) is 29.9 Å². The van der Waals surface area contributed by atoms with Crippen molar-refractivity contribution < 1.29 is 9.53 Å². The molecule has 1 aromatic rings. The van der Waals surface area contributed by atoms with E-state index in [-0.39, 0.29) is 6.10 Å². The molecule has 0 radical (unpaired) electrons. The van der Waals surface area contributed by atoms with Gasteiger partial charge in [0, 0.05) is 12.6 Å². The average molecular weight is 298 g/mol. The van der Waals surface area contributed by atoms with Crippen LogP contribution in [0.2, 0.25) is 0 Å². The first-order valence-corrected chi connectivity index (χ1v) is 7.54. The molecule has 1 unspecified atom stereocenters. The number of ether oxygens (including phenoxy) is 1. The smallest absolute Gasteiger partial charge is 0.261 e. The van der Waals surface area contributed by atoms with Crippen LogP contribution in [0.15, 0.2) is 0 Å². The maximum absolute atomic E-state index is 11.4. The van der Waals surface area contributed by atoms with Crippen LogP contribution < -0.4 is 21.5 Å². The van der Waals surface area contributed by atoms with Crippen LogP contribution in [0, 0.1) is 0 Å². The molecule has 7 heteroatoms. The summed E-state index contributed by atoms with van der Waals surface area (Å²) in [6, 6.07) is 0.341. The Balaban J connectivity index is 2.25. The molecule has 0 aromatic carbocycles. The fraction of sp³-hybridized carbons (Fsp3) is 0.615. The fourth-order valence-electron chi connectivity index (χ4n) is 2.30. The van der Waals surface area contributed by atoms with Crippen molar-refractivity contribution in [1.29, 1.82) is 0 Å². The van der Waals surface area contributed by atoms with Crippen LogP contribution in [0.3, 0.4) is 0 Å². The second kappa shape index (κ2) is 5.88. The van der Waals surface area contributed by atoms with E-state index < -0.39 is 5.91 Å². The largest absolute Gasteiger partial charge is 0.486 e. The fourth-order valence-corrected chi connectivity index (χ4v) is 3.28. The van der Waals surface area contributed by atoms with Gasteiger partial charge in [-0.15, -0.1) is 11.3 Å². The molecular formula is C13H22N4O2S. The van der Waals surface area contributed by atoms with Gasteiger partial charge in [0.05, 0.1) is 6.10 Å². The number of likely N-dealkylation sites (N-methyl/N-ethyl adjacent to an activating group) is 1. The molecule has 2 rings (SSSR count). The van der Waals surface area contributed by atoms with Gasteiger partial charge in [-0.05, 0) is 33.9 Å². The van der Waals surface area contributed by atoms with E-state index in [4.69, 9.17) is 16.2 Å². The number of carbonyl (C=O) groups is 1. The van der Waals surface area contributed by atoms with Gasteiger partial charge in [0.15, 0.2) is 5.75 Å². The standard InChI is InChI=1S/C13H22N4O2S/c1-7(2)19-10-9(14)11(12(15)18)20-13(10)16-8-4-5-17(3)6-8/h7-8,16H,4-6,14H2,1-3H3,(H2,15,18). The van der Waals surface area contributed by atoms with E-state index in [0.717, 1.165) is 24.5 Å². The number of amides is 1. The molecule has 2 heterocycles. The summed E-state index contributed by atoms with van der Waals surface area (Å²) in [5.74, 6) is 0.0334. The number of thiophene rings is 1. The lowest BCUT2D eigenvalue weighted by Gasteiger charge is -2.16. The quantitative estimate of drug-likeness (QED) is 0.762. The molecule has 1 aliphatic heterocycles. The molecule has 0 spiro atoms. The molecule has 1 saturated heterocycles. The minimum atomic E-state index is -0.516. The highest BCUT2D eigenvalue weighted by atomic mass is 32.1. The Morgan fingerprint density at radius 3 is 2.75 bits per heavy atom. The number of primary amides is 1. The van der Waals surface area contributed by atoms with E-state index >= 15 is 0 Å². The number of carbonyl (C=O) groups excluding carboxylic acids is 1. The summed E-state index contributed by atoms with van der Waals surface area (Å²) < 4.78 is 5.75. The molecule has 1 amide bonds. The minimum absolute atomic E-state index is 0.0144. The third-order valence-corrected chi connectivity index (χ3v) is 4.34. The highest BCUT2D eigenvalue weighted by Gasteiger charge is 2.25. The summed E-state index contributed by atoms with van der Waals surface area (Å²) in [5.41, 5.74) is 11.7. The van der Waals surface area contributed by atoms with E-state index in [0.29, 0.717) is 22.4 Å². The van der Waals surface area contributed by atoms with Crippen molar-refractivity contribution in [2.75, 3.05) is 31.2 Å².